The molecule has 0 saturated heterocycles. The van der Waals surface area contributed by atoms with Crippen molar-refractivity contribution in [3.8, 4) is 23.1 Å². The van der Waals surface area contributed by atoms with Crippen molar-refractivity contribution in [2.45, 2.75) is 0 Å². The first kappa shape index (κ1) is 11.4. The third-order valence-electron chi connectivity index (χ3n) is 2.49. The van der Waals surface area contributed by atoms with Crippen LogP contribution in [0, 0.1) is 0 Å². The summed E-state index contributed by atoms with van der Waals surface area (Å²) in [7, 11) is 5.12. The summed E-state index contributed by atoms with van der Waals surface area (Å²) in [5, 5.41) is 0. The van der Waals surface area contributed by atoms with Crippen LogP contribution in [0.5, 0.6) is 23.1 Å². The van der Waals surface area contributed by atoms with Crippen LogP contribution >= 0.6 is 0 Å². The maximum absolute atomic E-state index is 5.81. The molecule has 1 aromatic carbocycles. The van der Waals surface area contributed by atoms with Crippen LogP contribution in [0.2, 0.25) is 0 Å². The number of methoxy groups -OCH3 is 2. The van der Waals surface area contributed by atoms with E-state index in [1.54, 1.807) is 14.2 Å². The third kappa shape index (κ3) is 2.20. The molecule has 0 fully saturated rings. The van der Waals surface area contributed by atoms with Crippen molar-refractivity contribution in [3.63, 3.8) is 0 Å². The number of nitrogens with zero attached hydrogens (tertiary/aromatic N) is 1. The van der Waals surface area contributed by atoms with Crippen molar-refractivity contribution in [3.05, 3.63) is 36.5 Å². The maximum Gasteiger partial charge on any atom is 0.212 e. The molecule has 0 atom stereocenters. The Morgan fingerprint density at radius 3 is 2.06 bits per heavy atom. The van der Waals surface area contributed by atoms with Gasteiger partial charge in [-0.15, -0.1) is 0 Å². The highest BCUT2D eigenvalue weighted by Gasteiger charge is 2.13. The van der Waals surface area contributed by atoms with E-state index in [9.17, 15) is 0 Å². The first-order valence-corrected chi connectivity index (χ1v) is 5.26. The molecule has 0 aliphatic rings. The van der Waals surface area contributed by atoms with Crippen LogP contribution < -0.4 is 14.2 Å². The van der Waals surface area contributed by atoms with Crippen molar-refractivity contribution < 1.29 is 14.2 Å². The van der Waals surface area contributed by atoms with Gasteiger partial charge in [-0.1, -0.05) is 6.07 Å². The van der Waals surface area contributed by atoms with E-state index in [1.165, 1.54) is 0 Å². The van der Waals surface area contributed by atoms with Crippen LogP contribution in [0.3, 0.4) is 0 Å². The molecule has 0 amide bonds. The van der Waals surface area contributed by atoms with Gasteiger partial charge < -0.3 is 18.8 Å². The fourth-order valence-corrected chi connectivity index (χ4v) is 1.57. The Bertz CT molecular complexity index is 483. The van der Waals surface area contributed by atoms with Gasteiger partial charge in [0.25, 0.3) is 0 Å². The molecular formula is C13H15NO3. The van der Waals surface area contributed by atoms with Gasteiger partial charge >= 0.3 is 0 Å². The normalized spacial score (nSPS) is 10.1. The summed E-state index contributed by atoms with van der Waals surface area (Å²) in [6.07, 6.45) is 1.91. The van der Waals surface area contributed by atoms with Crippen LogP contribution in [0.4, 0.5) is 0 Å². The Kier molecular flexibility index (Phi) is 3.23. The molecule has 17 heavy (non-hydrogen) atoms. The van der Waals surface area contributed by atoms with Gasteiger partial charge in [0.05, 0.1) is 14.2 Å². The molecule has 0 aliphatic heterocycles. The van der Waals surface area contributed by atoms with Crippen molar-refractivity contribution in [2.24, 2.45) is 7.05 Å². The van der Waals surface area contributed by atoms with E-state index in [4.69, 9.17) is 14.2 Å². The van der Waals surface area contributed by atoms with E-state index < -0.39 is 0 Å². The van der Waals surface area contributed by atoms with E-state index in [-0.39, 0.29) is 0 Å². The van der Waals surface area contributed by atoms with Gasteiger partial charge in [-0.25, -0.2) is 0 Å². The van der Waals surface area contributed by atoms with E-state index in [0.29, 0.717) is 17.2 Å². The molecule has 4 heteroatoms. The van der Waals surface area contributed by atoms with Crippen LogP contribution in [0.15, 0.2) is 36.5 Å². The van der Waals surface area contributed by atoms with Crippen molar-refractivity contribution in [1.82, 2.24) is 4.57 Å². The molecule has 2 rings (SSSR count). The lowest BCUT2D eigenvalue weighted by atomic mass is 10.3. The number of benzene rings is 1. The molecule has 2 aromatic rings. The first-order valence-electron chi connectivity index (χ1n) is 5.26. The molecule has 0 saturated carbocycles. The van der Waals surface area contributed by atoms with Crippen molar-refractivity contribution >= 4 is 0 Å². The van der Waals surface area contributed by atoms with Gasteiger partial charge in [0.2, 0.25) is 5.75 Å². The zero-order valence-corrected chi connectivity index (χ0v) is 10.1. The minimum absolute atomic E-state index is 0.583. The Morgan fingerprint density at radius 2 is 1.59 bits per heavy atom. The SMILES string of the molecule is COc1cccc(OC)c1Oc1cccn1C. The quantitative estimate of drug-likeness (QED) is 0.814. The van der Waals surface area contributed by atoms with Crippen LogP contribution in [-0.4, -0.2) is 18.8 Å². The average Bonchev–Trinajstić information content (AvgIpc) is 2.75. The van der Waals surface area contributed by atoms with Crippen molar-refractivity contribution in [2.75, 3.05) is 14.2 Å². The van der Waals surface area contributed by atoms with Gasteiger partial charge in [-0.3, -0.25) is 0 Å². The second-order valence-electron chi connectivity index (χ2n) is 3.55. The second kappa shape index (κ2) is 4.82. The highest BCUT2D eigenvalue weighted by Crippen LogP contribution is 2.39. The Balaban J connectivity index is 2.40. The molecule has 0 spiro atoms. The highest BCUT2D eigenvalue weighted by molar-refractivity contribution is 5.52. The molecule has 0 aliphatic carbocycles. The van der Waals surface area contributed by atoms with E-state index >= 15 is 0 Å². The number of hydrogen-bond donors (Lipinski definition) is 0. The fourth-order valence-electron chi connectivity index (χ4n) is 1.57. The molecule has 90 valence electrons. The molecule has 0 N–H and O–H groups in total. The minimum Gasteiger partial charge on any atom is -0.493 e. The molecule has 0 unspecified atom stereocenters. The Morgan fingerprint density at radius 1 is 0.941 bits per heavy atom. The molecule has 0 radical (unpaired) electrons. The highest BCUT2D eigenvalue weighted by atomic mass is 16.5. The van der Waals surface area contributed by atoms with Gasteiger partial charge in [0, 0.05) is 19.3 Å². The summed E-state index contributed by atoms with van der Waals surface area (Å²) < 4.78 is 18.2. The first-order chi connectivity index (χ1) is 8.26. The van der Waals surface area contributed by atoms with Gasteiger partial charge in [-0.05, 0) is 18.2 Å². The summed E-state index contributed by atoms with van der Waals surface area (Å²) in [6, 6.07) is 9.32. The average molecular weight is 233 g/mol. The predicted octanol–water partition coefficient (Wildman–Crippen LogP) is 2.83. The number of rotatable bonds is 4. The largest absolute Gasteiger partial charge is 0.493 e. The van der Waals surface area contributed by atoms with Crippen LogP contribution in [-0.2, 0) is 7.05 Å². The fraction of sp³-hybridized carbons (Fsp3) is 0.231. The zero-order chi connectivity index (χ0) is 12.3. The molecule has 0 bridgehead atoms. The maximum atomic E-state index is 5.81. The summed E-state index contributed by atoms with van der Waals surface area (Å²) >= 11 is 0. The summed E-state index contributed by atoms with van der Waals surface area (Å²) in [5.41, 5.74) is 0. The second-order valence-corrected chi connectivity index (χ2v) is 3.55. The van der Waals surface area contributed by atoms with Crippen LogP contribution in [0.1, 0.15) is 0 Å². The number of para-hydroxylation sites is 1. The number of ether oxygens (including phenoxy) is 3. The lowest BCUT2D eigenvalue weighted by molar-refractivity contribution is 0.337. The van der Waals surface area contributed by atoms with Crippen LogP contribution in [0.25, 0.3) is 0 Å². The van der Waals surface area contributed by atoms with E-state index in [2.05, 4.69) is 0 Å². The van der Waals surface area contributed by atoms with Gasteiger partial charge in [0.1, 0.15) is 0 Å². The molecular weight excluding hydrogens is 218 g/mol. The lowest BCUT2D eigenvalue weighted by Crippen LogP contribution is -1.97. The molecule has 1 heterocycles. The smallest absolute Gasteiger partial charge is 0.212 e. The Hall–Kier alpha value is -2.10. The monoisotopic (exact) mass is 233 g/mol. The van der Waals surface area contributed by atoms with E-state index in [0.717, 1.165) is 5.88 Å². The van der Waals surface area contributed by atoms with Gasteiger partial charge in [-0.2, -0.15) is 0 Å². The molecule has 4 nitrogen and oxygen atoms in total. The minimum atomic E-state index is 0.583. The van der Waals surface area contributed by atoms with Crippen molar-refractivity contribution in [1.29, 1.82) is 0 Å². The molecule has 1 aromatic heterocycles. The summed E-state index contributed by atoms with van der Waals surface area (Å²) in [5.74, 6) is 2.60. The Labute approximate surface area is 100 Å². The number of hydrogen-bond acceptors (Lipinski definition) is 3. The lowest BCUT2D eigenvalue weighted by Gasteiger charge is -2.13. The standard InChI is InChI=1S/C13H15NO3/c1-14-9-5-8-12(14)17-13-10(15-2)6-4-7-11(13)16-3/h4-9H,1-3H3. The topological polar surface area (TPSA) is 32.6 Å². The number of aromatic nitrogens is 1. The summed E-state index contributed by atoms with van der Waals surface area (Å²) in [4.78, 5) is 0. The zero-order valence-electron chi connectivity index (χ0n) is 10.1. The summed E-state index contributed by atoms with van der Waals surface area (Å²) in [6.45, 7) is 0. The third-order valence-corrected chi connectivity index (χ3v) is 2.49. The van der Waals surface area contributed by atoms with Gasteiger partial charge in [0.15, 0.2) is 17.4 Å². The number of aryl methyl sites for hydroxylation is 1. The van der Waals surface area contributed by atoms with E-state index in [1.807, 2.05) is 48.1 Å². The predicted molar refractivity (Wildman–Crippen MR) is 65.0 cm³/mol.